The van der Waals surface area contributed by atoms with Gasteiger partial charge in [-0.05, 0) is 90.8 Å². The molecule has 3 saturated heterocycles. The number of nitrogens with zero attached hydrogens (tertiary/aromatic N) is 7. The van der Waals surface area contributed by atoms with Gasteiger partial charge >= 0.3 is 6.01 Å². The minimum Gasteiger partial charge on any atom is -0.508 e. The van der Waals surface area contributed by atoms with Crippen LogP contribution in [0.4, 0.5) is 10.2 Å². The second-order valence-electron chi connectivity index (χ2n) is 22.2. The van der Waals surface area contributed by atoms with Gasteiger partial charge in [-0.2, -0.15) is 9.97 Å². The lowest BCUT2D eigenvalue weighted by Crippen LogP contribution is -2.58. The number of phenolic OH excluding ortho intramolecular Hbond substituents is 1. The molecule has 3 aliphatic heterocycles. The highest BCUT2D eigenvalue weighted by molar-refractivity contribution is 7.13. The molecule has 18 nitrogen and oxygen atoms in total. The Kier molecular flexibility index (Phi) is 18.6. The van der Waals surface area contributed by atoms with Gasteiger partial charge in [-0.15, -0.1) is 11.3 Å². The van der Waals surface area contributed by atoms with Crippen molar-refractivity contribution in [2.75, 3.05) is 77.1 Å². The number of benzene rings is 4. The Labute approximate surface area is 480 Å². The molecule has 0 bridgehead atoms. The third-order valence-corrected chi connectivity index (χ3v) is 16.5. The van der Waals surface area contributed by atoms with Gasteiger partial charge in [0.05, 0.1) is 52.6 Å². The van der Waals surface area contributed by atoms with E-state index in [1.165, 1.54) is 17.0 Å². The summed E-state index contributed by atoms with van der Waals surface area (Å²) in [5, 5.41) is 29.2. The molecule has 4 aromatic carbocycles. The first-order chi connectivity index (χ1) is 38.8. The van der Waals surface area contributed by atoms with E-state index in [-0.39, 0.29) is 84.6 Å². The molecule has 5 heterocycles. The summed E-state index contributed by atoms with van der Waals surface area (Å²) >= 11 is 8.50. The number of piperidine rings is 1. The van der Waals surface area contributed by atoms with E-state index in [1.54, 1.807) is 28.4 Å². The Hall–Kier alpha value is -6.81. The molecule has 0 radical (unpaired) electrons. The molecule has 6 aromatic rings. The van der Waals surface area contributed by atoms with E-state index in [0.717, 1.165) is 34.5 Å². The number of rotatable bonds is 19. The number of phenols is 1. The Morgan fingerprint density at radius 1 is 0.951 bits per heavy atom. The molecule has 4 N–H and O–H groups in total. The van der Waals surface area contributed by atoms with E-state index in [1.807, 2.05) is 100 Å². The average Bonchev–Trinajstić information content (AvgIpc) is 4.12. The molecule has 0 spiro atoms. The fourth-order valence-corrected chi connectivity index (χ4v) is 12.1. The number of hydrogen-bond donors (Lipinski definition) is 4. The Morgan fingerprint density at radius 2 is 1.68 bits per heavy atom. The molecule has 3 aliphatic rings. The maximum atomic E-state index is 17.2. The zero-order chi connectivity index (χ0) is 57.7. The average molecular weight is 1150 g/mol. The van der Waals surface area contributed by atoms with Gasteiger partial charge in [0.15, 0.2) is 5.82 Å². The topological polar surface area (TPSA) is 212 Å². The van der Waals surface area contributed by atoms with Crippen LogP contribution in [0.5, 0.6) is 11.8 Å². The van der Waals surface area contributed by atoms with Crippen LogP contribution in [-0.4, -0.2) is 166 Å². The molecule has 2 aromatic heterocycles. The second kappa shape index (κ2) is 25.5. The van der Waals surface area contributed by atoms with Gasteiger partial charge in [0.2, 0.25) is 23.6 Å². The summed E-state index contributed by atoms with van der Waals surface area (Å²) in [4.78, 5) is 75.9. The SMILES string of the molecule is C=CC(=O)N1CCN(c2nc(O[C@@H](C)CN3CCC(OCCOCC(=O)N[C@H](C(=O)N4C[C@H](O)C[C@H]4C(=O)N[C@@H](C)c4ccc(-c5scnc5C)cc4)C(C)(C)C)CC3)nc3c(F)c(-c4cc(O)cc5ccccc45)c(Cl)cc23)CC1. The number of hydrogen-bond acceptors (Lipinski definition) is 15. The lowest BCUT2D eigenvalue weighted by molar-refractivity contribution is -0.144. The molecule has 5 atom stereocenters. The molecule has 4 amide bonds. The summed E-state index contributed by atoms with van der Waals surface area (Å²) in [6, 6.07) is 17.7. The minimum absolute atomic E-state index is 0.00723. The van der Waals surface area contributed by atoms with Gasteiger partial charge in [0, 0.05) is 69.7 Å². The highest BCUT2D eigenvalue weighted by Gasteiger charge is 2.45. The maximum absolute atomic E-state index is 17.2. The lowest BCUT2D eigenvalue weighted by atomic mass is 9.85. The van der Waals surface area contributed by atoms with E-state index in [0.29, 0.717) is 73.4 Å². The van der Waals surface area contributed by atoms with Gasteiger partial charge in [-0.3, -0.25) is 24.1 Å². The number of β-amino-alcohol motifs (C(OH)–C–C–N with tert-alkyl or cyclic N) is 1. The third kappa shape index (κ3) is 13.8. The number of carbonyl (C=O) groups is 4. The van der Waals surface area contributed by atoms with Crippen molar-refractivity contribution >= 4 is 74.1 Å². The van der Waals surface area contributed by atoms with E-state index in [2.05, 4.69) is 32.1 Å². The summed E-state index contributed by atoms with van der Waals surface area (Å²) in [5.74, 6) is -1.81. The van der Waals surface area contributed by atoms with Crippen molar-refractivity contribution in [3.63, 3.8) is 0 Å². The predicted octanol–water partition coefficient (Wildman–Crippen LogP) is 7.85. The van der Waals surface area contributed by atoms with Gasteiger partial charge in [-0.25, -0.2) is 9.37 Å². The molecule has 430 valence electrons. The zero-order valence-corrected chi connectivity index (χ0v) is 48.2. The van der Waals surface area contributed by atoms with Crippen molar-refractivity contribution < 1.29 is 48.0 Å². The van der Waals surface area contributed by atoms with Crippen LogP contribution in [0.1, 0.15) is 71.2 Å². The summed E-state index contributed by atoms with van der Waals surface area (Å²) in [6.07, 6.45) is 1.49. The largest absolute Gasteiger partial charge is 0.508 e. The number of anilines is 1. The number of ether oxygens (including phenoxy) is 3. The van der Waals surface area contributed by atoms with Crippen molar-refractivity contribution in [1.29, 1.82) is 0 Å². The van der Waals surface area contributed by atoms with E-state index in [9.17, 15) is 29.4 Å². The fourth-order valence-electron chi connectivity index (χ4n) is 11.0. The molecule has 21 heteroatoms. The predicted molar refractivity (Wildman–Crippen MR) is 311 cm³/mol. The van der Waals surface area contributed by atoms with Crippen LogP contribution >= 0.6 is 22.9 Å². The molecular weight excluding hydrogens is 1080 g/mol. The van der Waals surface area contributed by atoms with Crippen LogP contribution < -0.4 is 20.3 Å². The van der Waals surface area contributed by atoms with Gasteiger partial charge < -0.3 is 49.8 Å². The lowest BCUT2D eigenvalue weighted by Gasteiger charge is -2.35. The molecule has 0 saturated carbocycles. The first-order valence-electron chi connectivity index (χ1n) is 27.5. The van der Waals surface area contributed by atoms with E-state index >= 15 is 4.39 Å². The van der Waals surface area contributed by atoms with Gasteiger partial charge in [-0.1, -0.05) is 87.5 Å². The number of aryl methyl sites for hydroxylation is 1. The molecular formula is C60H71ClFN9O9S. The number of fused-ring (bicyclic) bond motifs is 2. The number of halogens is 2. The smallest absolute Gasteiger partial charge is 0.319 e. The highest BCUT2D eigenvalue weighted by atomic mass is 35.5. The Balaban J connectivity index is 0.753. The number of nitrogens with one attached hydrogen (secondary N) is 2. The van der Waals surface area contributed by atoms with Gasteiger partial charge in [0.25, 0.3) is 0 Å². The summed E-state index contributed by atoms with van der Waals surface area (Å²) < 4.78 is 35.4. The first kappa shape index (κ1) is 58.8. The molecule has 0 unspecified atom stereocenters. The number of amides is 4. The number of aromatic nitrogens is 3. The number of thiazole rings is 1. The van der Waals surface area contributed by atoms with E-state index < -0.39 is 47.3 Å². The number of aliphatic hydroxyl groups is 1. The monoisotopic (exact) mass is 1150 g/mol. The normalized spacial score (nSPS) is 18.5. The van der Waals surface area contributed by atoms with E-state index in [4.69, 9.17) is 30.8 Å². The van der Waals surface area contributed by atoms with Gasteiger partial charge in [0.1, 0.15) is 41.9 Å². The number of aliphatic hydroxyl groups excluding tert-OH is 1. The van der Waals surface area contributed by atoms with Crippen LogP contribution in [0, 0.1) is 18.2 Å². The molecule has 3 fully saturated rings. The summed E-state index contributed by atoms with van der Waals surface area (Å²) in [6.45, 7) is 18.5. The van der Waals surface area contributed by atoms with Crippen molar-refractivity contribution in [2.45, 2.75) is 97.2 Å². The Bertz CT molecular complexity index is 3270. The Morgan fingerprint density at radius 3 is 2.37 bits per heavy atom. The standard InChI is InChI=1S/C60H71ClFN9O9S/c1-8-50(75)69-21-23-70(24-22-69)56-46-30-47(61)51(45-28-41(72)27-40-11-9-10-12-44(40)45)52(62)53(46)66-59(67-56)80-35(2)31-68-19-17-43(18-20-68)79-26-25-78-33-49(74)65-55(60(5,6)7)58(77)71-32-42(73)29-48(71)57(76)64-36(3)38-13-15-39(16-14-38)54-37(4)63-34-81-54/h8-16,27-28,30,34-36,42-43,48,55,72-73H,1,17-26,29,31-33H2,2-7H3,(H,64,76)(H,65,74)/t35-,36-,42+,48-,55+/m0/s1. The van der Waals surface area contributed by atoms with Crippen molar-refractivity contribution in [3.05, 3.63) is 107 Å². The van der Waals surface area contributed by atoms with Crippen LogP contribution in [0.15, 0.2) is 84.9 Å². The molecule has 9 rings (SSSR count). The first-order valence-corrected chi connectivity index (χ1v) is 28.8. The zero-order valence-electron chi connectivity index (χ0n) is 46.6. The van der Waals surface area contributed by atoms with Crippen LogP contribution in [0.2, 0.25) is 5.02 Å². The highest BCUT2D eigenvalue weighted by Crippen LogP contribution is 2.43. The van der Waals surface area contributed by atoms with Crippen LogP contribution in [0.25, 0.3) is 43.2 Å². The van der Waals surface area contributed by atoms with Crippen molar-refractivity contribution in [3.8, 4) is 33.3 Å². The van der Waals surface area contributed by atoms with Crippen LogP contribution in [-0.2, 0) is 28.7 Å². The molecule has 0 aliphatic carbocycles. The third-order valence-electron chi connectivity index (χ3n) is 15.3. The fraction of sp³-hybridized carbons (Fsp3) is 0.450. The number of piperazine rings is 1. The second-order valence-corrected chi connectivity index (χ2v) is 23.5. The quantitative estimate of drug-likeness (QED) is 0.0450. The summed E-state index contributed by atoms with van der Waals surface area (Å²) in [7, 11) is 0. The van der Waals surface area contributed by atoms with Crippen molar-refractivity contribution in [2.24, 2.45) is 5.41 Å². The minimum atomic E-state index is -1.00. The summed E-state index contributed by atoms with van der Waals surface area (Å²) in [5.41, 5.74) is 4.46. The number of aromatic hydroxyl groups is 1. The number of carbonyl (C=O) groups excluding carboxylic acids is 4. The maximum Gasteiger partial charge on any atom is 0.319 e. The number of likely N-dealkylation sites (tertiary alicyclic amines) is 2. The van der Waals surface area contributed by atoms with Crippen molar-refractivity contribution in [1.82, 2.24) is 40.3 Å². The molecule has 81 heavy (non-hydrogen) atoms. The van der Waals surface area contributed by atoms with Crippen LogP contribution in [0.3, 0.4) is 0 Å².